The van der Waals surface area contributed by atoms with Crippen molar-refractivity contribution in [2.45, 2.75) is 132 Å². The van der Waals surface area contributed by atoms with Gasteiger partial charge in [-0.05, 0) is 124 Å². The topological polar surface area (TPSA) is 44.8 Å². The summed E-state index contributed by atoms with van der Waals surface area (Å²) >= 11 is 0. The Balaban J connectivity index is 1.40. The van der Waals surface area contributed by atoms with Crippen LogP contribution in [0.25, 0.3) is 0 Å². The molecule has 0 aromatic heterocycles. The van der Waals surface area contributed by atoms with E-state index in [1.165, 1.54) is 64.2 Å². The fraction of sp³-hybridized carbons (Fsp3) is 1.00. The van der Waals surface area contributed by atoms with Crippen LogP contribution in [0.1, 0.15) is 126 Å². The monoisotopic (exact) mass is 524 g/mol. The maximum absolute atomic E-state index is 13.0. The van der Waals surface area contributed by atoms with E-state index in [9.17, 15) is 4.57 Å². The number of phosphoric ester groups is 1. The quantitative estimate of drug-likeness (QED) is 0.252. The molecule has 0 unspecified atom stereocenters. The number of phosphoric acid groups is 1. The summed E-state index contributed by atoms with van der Waals surface area (Å²) in [5.41, 5.74) is 0.968. The molecule has 210 valence electrons. The van der Waals surface area contributed by atoms with Gasteiger partial charge in [0.05, 0.1) is 19.3 Å². The van der Waals surface area contributed by atoms with Crippen LogP contribution in [0, 0.1) is 52.3 Å². The summed E-state index contributed by atoms with van der Waals surface area (Å²) in [7, 11) is -3.44. The van der Waals surface area contributed by atoms with Crippen LogP contribution in [0.5, 0.6) is 0 Å². The maximum atomic E-state index is 13.0. The predicted molar refractivity (Wildman–Crippen MR) is 149 cm³/mol. The van der Waals surface area contributed by atoms with E-state index in [2.05, 4.69) is 34.6 Å². The molecule has 4 rings (SSSR count). The second-order valence-electron chi connectivity index (χ2n) is 14.0. The largest absolute Gasteiger partial charge is 0.475 e. The van der Waals surface area contributed by atoms with Crippen LogP contribution in [-0.2, 0) is 18.1 Å². The third kappa shape index (κ3) is 5.68. The molecule has 0 aliphatic heterocycles. The normalized spacial score (nSPS) is 41.6. The molecule has 0 aromatic rings. The summed E-state index contributed by atoms with van der Waals surface area (Å²) in [6.45, 7) is 17.0. The molecule has 0 amide bonds. The van der Waals surface area contributed by atoms with Crippen molar-refractivity contribution < 1.29 is 18.1 Å². The van der Waals surface area contributed by atoms with Crippen molar-refractivity contribution in [2.24, 2.45) is 52.3 Å². The number of hydrogen-bond acceptors (Lipinski definition) is 4. The molecule has 4 aliphatic carbocycles. The molecule has 0 aromatic carbocycles. The minimum Gasteiger partial charge on any atom is -0.287 e. The fourth-order valence-electron chi connectivity index (χ4n) is 9.94. The summed E-state index contributed by atoms with van der Waals surface area (Å²) in [6, 6.07) is 0. The second kappa shape index (κ2) is 11.7. The lowest BCUT2D eigenvalue weighted by molar-refractivity contribution is -0.129. The van der Waals surface area contributed by atoms with Crippen LogP contribution >= 0.6 is 7.82 Å². The molecule has 0 radical (unpaired) electrons. The zero-order chi connectivity index (χ0) is 26.1. The molecular weight excluding hydrogens is 467 g/mol. The van der Waals surface area contributed by atoms with Gasteiger partial charge in [0.25, 0.3) is 0 Å². The van der Waals surface area contributed by atoms with E-state index in [-0.39, 0.29) is 6.10 Å². The van der Waals surface area contributed by atoms with Crippen molar-refractivity contribution >= 4 is 7.82 Å². The summed E-state index contributed by atoms with van der Waals surface area (Å²) in [4.78, 5) is 0. The molecule has 0 N–H and O–H groups in total. The minimum absolute atomic E-state index is 0.0000330. The van der Waals surface area contributed by atoms with Crippen LogP contribution in [0.4, 0.5) is 0 Å². The van der Waals surface area contributed by atoms with Gasteiger partial charge in [0.15, 0.2) is 0 Å². The zero-order valence-electron chi connectivity index (χ0n) is 24.6. The SMILES string of the molecule is CCOP(=O)(OCC)O[C@H]1CC[C@@]2(C)[C@H](CC[C@@H]3[C@@H]2CC[C@]2(C)[C@@H]([C@H](C)CCCC(C)C)CC[C@@H]32)C1. The van der Waals surface area contributed by atoms with E-state index in [1.807, 2.05) is 13.8 Å². The van der Waals surface area contributed by atoms with Gasteiger partial charge >= 0.3 is 7.82 Å². The number of rotatable bonds is 11. The molecule has 4 saturated carbocycles. The first-order valence-electron chi connectivity index (χ1n) is 15.6. The van der Waals surface area contributed by atoms with Crippen molar-refractivity contribution in [1.82, 2.24) is 0 Å². The van der Waals surface area contributed by atoms with Gasteiger partial charge in [-0.15, -0.1) is 0 Å². The van der Waals surface area contributed by atoms with Crippen molar-refractivity contribution in [1.29, 1.82) is 0 Å². The lowest BCUT2D eigenvalue weighted by Crippen LogP contribution is -2.54. The summed E-state index contributed by atoms with van der Waals surface area (Å²) in [5.74, 6) is 6.01. The first kappa shape index (κ1) is 29.1. The average Bonchev–Trinajstić information content (AvgIpc) is 3.16. The van der Waals surface area contributed by atoms with Crippen LogP contribution in [0.15, 0.2) is 0 Å². The molecule has 0 saturated heterocycles. The molecule has 4 nitrogen and oxygen atoms in total. The Morgan fingerprint density at radius 2 is 1.50 bits per heavy atom. The van der Waals surface area contributed by atoms with Crippen LogP contribution < -0.4 is 0 Å². The maximum Gasteiger partial charge on any atom is 0.475 e. The Morgan fingerprint density at radius 1 is 0.833 bits per heavy atom. The average molecular weight is 525 g/mol. The van der Waals surface area contributed by atoms with E-state index >= 15 is 0 Å². The molecule has 0 spiro atoms. The van der Waals surface area contributed by atoms with E-state index in [1.54, 1.807) is 0 Å². The summed E-state index contributed by atoms with van der Waals surface area (Å²) in [5, 5.41) is 0. The Labute approximate surface area is 223 Å². The Morgan fingerprint density at radius 3 is 2.17 bits per heavy atom. The third-order valence-electron chi connectivity index (χ3n) is 11.7. The van der Waals surface area contributed by atoms with Gasteiger partial charge in [-0.2, -0.15) is 0 Å². The smallest absolute Gasteiger partial charge is 0.287 e. The molecule has 5 heteroatoms. The number of fused-ring (bicyclic) bond motifs is 5. The molecule has 4 fully saturated rings. The molecular formula is C31H57O4P. The minimum atomic E-state index is -3.44. The first-order valence-corrected chi connectivity index (χ1v) is 17.1. The van der Waals surface area contributed by atoms with Crippen molar-refractivity contribution in [2.75, 3.05) is 13.2 Å². The van der Waals surface area contributed by atoms with Gasteiger partial charge in [0.2, 0.25) is 0 Å². The fourth-order valence-corrected chi connectivity index (χ4v) is 11.3. The molecule has 36 heavy (non-hydrogen) atoms. The molecule has 4 aliphatic rings. The molecule has 0 heterocycles. The van der Waals surface area contributed by atoms with Gasteiger partial charge in [-0.3, -0.25) is 13.6 Å². The Hall–Kier alpha value is 0.110. The van der Waals surface area contributed by atoms with Crippen molar-refractivity contribution in [3.8, 4) is 0 Å². The van der Waals surface area contributed by atoms with Crippen molar-refractivity contribution in [3.05, 3.63) is 0 Å². The second-order valence-corrected chi connectivity index (χ2v) is 15.6. The number of hydrogen-bond donors (Lipinski definition) is 0. The lowest BCUT2D eigenvalue weighted by Gasteiger charge is -2.61. The van der Waals surface area contributed by atoms with Gasteiger partial charge in [-0.25, -0.2) is 4.57 Å². The predicted octanol–water partition coefficient (Wildman–Crippen LogP) is 9.67. The Bertz CT molecular complexity index is 760. The molecule has 0 bridgehead atoms. The standard InChI is InChI=1S/C31H57O4P/c1-8-33-36(32,34-9-2)35-25-17-19-30(6)24(21-25)13-14-26-28-16-15-27(23(5)12-10-11-22(3)4)31(28,7)20-18-29(26)30/h22-29H,8-21H2,1-7H3/t23-,24-,25+,26+,27-,28+,29+,30+,31-/m1/s1. The van der Waals surface area contributed by atoms with Gasteiger partial charge in [-0.1, -0.05) is 53.9 Å². The van der Waals surface area contributed by atoms with Crippen LogP contribution in [0.2, 0.25) is 0 Å². The third-order valence-corrected chi connectivity index (χ3v) is 13.4. The van der Waals surface area contributed by atoms with Crippen LogP contribution in [0.3, 0.4) is 0 Å². The van der Waals surface area contributed by atoms with Gasteiger partial charge in [0.1, 0.15) is 0 Å². The van der Waals surface area contributed by atoms with E-state index in [0.717, 1.165) is 48.3 Å². The zero-order valence-corrected chi connectivity index (χ0v) is 25.5. The van der Waals surface area contributed by atoms with Crippen LogP contribution in [-0.4, -0.2) is 19.3 Å². The highest BCUT2D eigenvalue weighted by Crippen LogP contribution is 2.69. The van der Waals surface area contributed by atoms with Gasteiger partial charge in [0, 0.05) is 0 Å². The highest BCUT2D eigenvalue weighted by atomic mass is 31.2. The van der Waals surface area contributed by atoms with Gasteiger partial charge < -0.3 is 0 Å². The highest BCUT2D eigenvalue weighted by Gasteiger charge is 2.60. The lowest BCUT2D eigenvalue weighted by atomic mass is 9.44. The van der Waals surface area contributed by atoms with E-state index in [0.29, 0.717) is 30.0 Å². The van der Waals surface area contributed by atoms with E-state index < -0.39 is 7.82 Å². The Kier molecular flexibility index (Phi) is 9.45. The van der Waals surface area contributed by atoms with E-state index in [4.69, 9.17) is 13.6 Å². The highest BCUT2D eigenvalue weighted by molar-refractivity contribution is 7.48. The first-order chi connectivity index (χ1) is 17.1. The summed E-state index contributed by atoms with van der Waals surface area (Å²) in [6.07, 6.45) is 15.9. The molecule has 9 atom stereocenters. The summed E-state index contributed by atoms with van der Waals surface area (Å²) < 4.78 is 30.0. The van der Waals surface area contributed by atoms with Crippen molar-refractivity contribution in [3.63, 3.8) is 0 Å².